The summed E-state index contributed by atoms with van der Waals surface area (Å²) in [6.07, 6.45) is 0.656. The van der Waals surface area contributed by atoms with E-state index < -0.39 is 5.97 Å². The standard InChI is InChI=1S/C25H19Cl3N2O2S/c26-18-7-3-16(4-8-18)23-24(17-5-9-19(27)10-6-17)30(21-13-11-20(28)12-14-21)25(29-23)33-15-1-2-22(31)32/h3-14H,1-2,15H2,(H,31,32). The predicted molar refractivity (Wildman–Crippen MR) is 137 cm³/mol. The van der Waals surface area contributed by atoms with Crippen LogP contribution in [0.4, 0.5) is 0 Å². The molecule has 4 rings (SSSR count). The summed E-state index contributed by atoms with van der Waals surface area (Å²) in [5, 5.41) is 11.7. The van der Waals surface area contributed by atoms with Gasteiger partial charge < -0.3 is 5.11 Å². The summed E-state index contributed by atoms with van der Waals surface area (Å²) in [5.74, 6) is -0.183. The molecule has 0 fully saturated rings. The van der Waals surface area contributed by atoms with Crippen molar-refractivity contribution in [3.8, 4) is 28.2 Å². The maximum atomic E-state index is 11.0. The summed E-state index contributed by atoms with van der Waals surface area (Å²) in [6, 6.07) is 22.7. The second kappa shape index (κ2) is 10.7. The van der Waals surface area contributed by atoms with Crippen molar-refractivity contribution < 1.29 is 9.90 Å². The highest BCUT2D eigenvalue weighted by molar-refractivity contribution is 7.99. The van der Waals surface area contributed by atoms with E-state index in [9.17, 15) is 4.79 Å². The maximum absolute atomic E-state index is 11.0. The lowest BCUT2D eigenvalue weighted by Gasteiger charge is -2.13. The first-order valence-electron chi connectivity index (χ1n) is 10.2. The van der Waals surface area contributed by atoms with Crippen molar-refractivity contribution in [3.63, 3.8) is 0 Å². The van der Waals surface area contributed by atoms with Crippen LogP contribution in [0.25, 0.3) is 28.2 Å². The van der Waals surface area contributed by atoms with Crippen molar-refractivity contribution >= 4 is 52.5 Å². The molecule has 0 radical (unpaired) electrons. The number of halogens is 3. The molecular formula is C25H19Cl3N2O2S. The minimum atomic E-state index is -0.805. The average molecular weight is 518 g/mol. The molecule has 0 saturated heterocycles. The molecular weight excluding hydrogens is 499 g/mol. The van der Waals surface area contributed by atoms with Crippen LogP contribution in [0.3, 0.4) is 0 Å². The lowest BCUT2D eigenvalue weighted by Crippen LogP contribution is -2.00. The Morgan fingerprint density at radius 1 is 0.818 bits per heavy atom. The van der Waals surface area contributed by atoms with Gasteiger partial charge in [-0.25, -0.2) is 4.98 Å². The van der Waals surface area contributed by atoms with E-state index in [1.54, 1.807) is 0 Å². The van der Waals surface area contributed by atoms with E-state index in [0.29, 0.717) is 27.2 Å². The van der Waals surface area contributed by atoms with E-state index in [1.807, 2.05) is 72.8 Å². The third-order valence-corrected chi connectivity index (χ3v) is 6.71. The first-order valence-corrected chi connectivity index (χ1v) is 12.3. The number of carbonyl (C=O) groups is 1. The normalized spacial score (nSPS) is 11.0. The van der Waals surface area contributed by atoms with Crippen LogP contribution in [0.1, 0.15) is 12.8 Å². The van der Waals surface area contributed by atoms with Gasteiger partial charge in [0.15, 0.2) is 5.16 Å². The van der Waals surface area contributed by atoms with Gasteiger partial charge in [0.05, 0.1) is 11.4 Å². The number of carboxylic acids is 1. The van der Waals surface area contributed by atoms with Crippen molar-refractivity contribution in [3.05, 3.63) is 87.9 Å². The zero-order chi connectivity index (χ0) is 23.4. The molecule has 0 amide bonds. The molecule has 168 valence electrons. The van der Waals surface area contributed by atoms with Crippen molar-refractivity contribution in [2.75, 3.05) is 5.75 Å². The first kappa shape index (κ1) is 23.7. The van der Waals surface area contributed by atoms with Gasteiger partial charge in [0, 0.05) is 44.1 Å². The Bertz CT molecular complexity index is 1250. The van der Waals surface area contributed by atoms with Crippen LogP contribution in [0.15, 0.2) is 78.0 Å². The number of aromatic nitrogens is 2. The quantitative estimate of drug-likeness (QED) is 0.189. The summed E-state index contributed by atoms with van der Waals surface area (Å²) in [5.41, 5.74) is 4.47. The number of aliphatic carboxylic acids is 1. The number of hydrogen-bond acceptors (Lipinski definition) is 3. The molecule has 33 heavy (non-hydrogen) atoms. The second-order valence-electron chi connectivity index (χ2n) is 7.26. The lowest BCUT2D eigenvalue weighted by molar-refractivity contribution is -0.137. The van der Waals surface area contributed by atoms with E-state index in [0.717, 1.165) is 33.4 Å². The summed E-state index contributed by atoms with van der Waals surface area (Å²) in [4.78, 5) is 15.9. The molecule has 0 aliphatic carbocycles. The van der Waals surface area contributed by atoms with Gasteiger partial charge >= 0.3 is 5.97 Å². The molecule has 1 N–H and O–H groups in total. The van der Waals surface area contributed by atoms with Gasteiger partial charge in [0.1, 0.15) is 0 Å². The molecule has 8 heteroatoms. The lowest BCUT2D eigenvalue weighted by atomic mass is 10.0. The topological polar surface area (TPSA) is 55.1 Å². The Morgan fingerprint density at radius 3 is 1.88 bits per heavy atom. The van der Waals surface area contributed by atoms with Gasteiger partial charge in [-0.3, -0.25) is 9.36 Å². The number of thioether (sulfide) groups is 1. The Balaban J connectivity index is 1.90. The Hall–Kier alpha value is -2.44. The smallest absolute Gasteiger partial charge is 0.303 e. The van der Waals surface area contributed by atoms with Crippen LogP contribution in [0.5, 0.6) is 0 Å². The highest BCUT2D eigenvalue weighted by Gasteiger charge is 2.22. The summed E-state index contributed by atoms with van der Waals surface area (Å²) < 4.78 is 2.08. The summed E-state index contributed by atoms with van der Waals surface area (Å²) >= 11 is 20.0. The van der Waals surface area contributed by atoms with Crippen LogP contribution >= 0.6 is 46.6 Å². The third kappa shape index (κ3) is 5.74. The average Bonchev–Trinajstić information content (AvgIpc) is 3.17. The van der Waals surface area contributed by atoms with Gasteiger partial charge in [-0.05, 0) is 55.0 Å². The Labute approximate surface area is 211 Å². The van der Waals surface area contributed by atoms with Crippen molar-refractivity contribution in [2.45, 2.75) is 18.0 Å². The molecule has 0 bridgehead atoms. The molecule has 0 unspecified atom stereocenters. The van der Waals surface area contributed by atoms with Gasteiger partial charge in [0.25, 0.3) is 0 Å². The van der Waals surface area contributed by atoms with Crippen LogP contribution in [0, 0.1) is 0 Å². The minimum Gasteiger partial charge on any atom is -0.481 e. The molecule has 0 spiro atoms. The number of benzene rings is 3. The molecule has 0 aliphatic heterocycles. The second-order valence-corrected chi connectivity index (χ2v) is 9.63. The van der Waals surface area contributed by atoms with E-state index in [2.05, 4.69) is 4.57 Å². The van der Waals surface area contributed by atoms with Gasteiger partial charge in [-0.15, -0.1) is 0 Å². The SMILES string of the molecule is O=C(O)CCCSc1nc(-c2ccc(Cl)cc2)c(-c2ccc(Cl)cc2)n1-c1ccc(Cl)cc1. The van der Waals surface area contributed by atoms with E-state index >= 15 is 0 Å². The monoisotopic (exact) mass is 516 g/mol. The summed E-state index contributed by atoms with van der Waals surface area (Å²) in [6.45, 7) is 0. The molecule has 4 aromatic rings. The van der Waals surface area contributed by atoms with Gasteiger partial charge in [-0.1, -0.05) is 70.8 Å². The zero-order valence-corrected chi connectivity index (χ0v) is 20.4. The first-order chi connectivity index (χ1) is 15.9. The number of nitrogens with zero attached hydrogens (tertiary/aromatic N) is 2. The molecule has 1 aromatic heterocycles. The number of rotatable bonds is 8. The fraction of sp³-hybridized carbons (Fsp3) is 0.120. The largest absolute Gasteiger partial charge is 0.481 e. The molecule has 0 saturated carbocycles. The molecule has 0 atom stereocenters. The van der Waals surface area contributed by atoms with E-state index in [4.69, 9.17) is 44.9 Å². The van der Waals surface area contributed by atoms with Crippen molar-refractivity contribution in [1.82, 2.24) is 9.55 Å². The molecule has 4 nitrogen and oxygen atoms in total. The minimum absolute atomic E-state index is 0.114. The van der Waals surface area contributed by atoms with Crippen molar-refractivity contribution in [2.24, 2.45) is 0 Å². The Kier molecular flexibility index (Phi) is 7.66. The van der Waals surface area contributed by atoms with Crippen LogP contribution in [0.2, 0.25) is 15.1 Å². The maximum Gasteiger partial charge on any atom is 0.303 e. The molecule has 1 heterocycles. The predicted octanol–water partition coefficient (Wildman–Crippen LogP) is 8.12. The van der Waals surface area contributed by atoms with E-state index in [-0.39, 0.29) is 6.42 Å². The highest BCUT2D eigenvalue weighted by atomic mass is 35.5. The Morgan fingerprint density at radius 2 is 1.33 bits per heavy atom. The third-order valence-electron chi connectivity index (χ3n) is 4.93. The van der Waals surface area contributed by atoms with Gasteiger partial charge in [0.2, 0.25) is 0 Å². The van der Waals surface area contributed by atoms with Crippen LogP contribution in [-0.4, -0.2) is 26.4 Å². The number of hydrogen-bond donors (Lipinski definition) is 1. The van der Waals surface area contributed by atoms with Crippen LogP contribution in [-0.2, 0) is 4.79 Å². The fourth-order valence-electron chi connectivity index (χ4n) is 3.40. The van der Waals surface area contributed by atoms with Crippen molar-refractivity contribution in [1.29, 1.82) is 0 Å². The van der Waals surface area contributed by atoms with Gasteiger partial charge in [-0.2, -0.15) is 0 Å². The number of imidazole rings is 1. The van der Waals surface area contributed by atoms with Crippen LogP contribution < -0.4 is 0 Å². The molecule has 3 aromatic carbocycles. The fourth-order valence-corrected chi connectivity index (χ4v) is 4.73. The zero-order valence-electron chi connectivity index (χ0n) is 17.3. The van der Waals surface area contributed by atoms with E-state index in [1.165, 1.54) is 11.8 Å². The summed E-state index contributed by atoms with van der Waals surface area (Å²) in [7, 11) is 0. The number of carboxylic acid groups (broad SMARTS) is 1. The molecule has 0 aliphatic rings. The highest BCUT2D eigenvalue weighted by Crippen LogP contribution is 2.39.